The first-order valence-corrected chi connectivity index (χ1v) is 10.4. The van der Waals surface area contributed by atoms with E-state index < -0.39 is 12.1 Å². The Hall–Kier alpha value is -3.47. The van der Waals surface area contributed by atoms with Crippen LogP contribution in [0.1, 0.15) is 18.4 Å². The van der Waals surface area contributed by atoms with E-state index in [-0.39, 0.29) is 24.4 Å². The number of amides is 1. The van der Waals surface area contributed by atoms with Gasteiger partial charge >= 0.3 is 12.1 Å². The number of aryl methyl sites for hydroxylation is 1. The number of carbonyl (C=O) groups excluding carboxylic acids is 1. The average Bonchev–Trinajstić information content (AvgIpc) is 3.18. The van der Waals surface area contributed by atoms with Crippen LogP contribution < -0.4 is 0 Å². The van der Waals surface area contributed by atoms with Crippen molar-refractivity contribution < 1.29 is 37.4 Å². The van der Waals surface area contributed by atoms with Crippen molar-refractivity contribution >= 4 is 22.9 Å². The molecular formula is C23H23F4N3O4. The SMILES string of the molecule is Cc1cc(-c2cnc3ccn(CC(=O)N4CCC(O)CC4)c3c2)ccc1F.O=C(O)C(F)(F)F. The summed E-state index contributed by atoms with van der Waals surface area (Å²) in [7, 11) is 0. The smallest absolute Gasteiger partial charge is 0.475 e. The number of aliphatic carboxylic acids is 1. The highest BCUT2D eigenvalue weighted by molar-refractivity contribution is 5.84. The minimum atomic E-state index is -5.08. The molecule has 2 aromatic heterocycles. The number of carboxylic acids is 1. The number of carbonyl (C=O) groups is 2. The van der Waals surface area contributed by atoms with Gasteiger partial charge in [-0.3, -0.25) is 9.78 Å². The highest BCUT2D eigenvalue weighted by atomic mass is 19.4. The fourth-order valence-corrected chi connectivity index (χ4v) is 3.54. The van der Waals surface area contributed by atoms with E-state index in [1.54, 1.807) is 30.2 Å². The topological polar surface area (TPSA) is 95.7 Å². The number of hydrogen-bond acceptors (Lipinski definition) is 4. The number of aliphatic hydroxyl groups is 1. The first-order chi connectivity index (χ1) is 16.0. The van der Waals surface area contributed by atoms with Crippen LogP contribution in [0.15, 0.2) is 42.7 Å². The lowest BCUT2D eigenvalue weighted by atomic mass is 10.0. The van der Waals surface area contributed by atoms with Crippen molar-refractivity contribution in [3.05, 3.63) is 54.1 Å². The number of piperidine rings is 1. The van der Waals surface area contributed by atoms with Crippen molar-refractivity contribution in [3.8, 4) is 11.1 Å². The molecule has 4 rings (SSSR count). The summed E-state index contributed by atoms with van der Waals surface area (Å²) in [6, 6.07) is 8.88. The normalized spacial score (nSPS) is 14.6. The van der Waals surface area contributed by atoms with Crippen LogP contribution in [0.4, 0.5) is 17.6 Å². The third-order valence-corrected chi connectivity index (χ3v) is 5.48. The number of carboxylic acid groups (broad SMARTS) is 1. The number of likely N-dealkylation sites (tertiary alicyclic amines) is 1. The van der Waals surface area contributed by atoms with Gasteiger partial charge in [-0.05, 0) is 55.2 Å². The van der Waals surface area contributed by atoms with Crippen LogP contribution in [0.2, 0.25) is 0 Å². The Morgan fingerprint density at radius 3 is 2.35 bits per heavy atom. The first kappa shape index (κ1) is 25.2. The lowest BCUT2D eigenvalue weighted by Crippen LogP contribution is -2.41. The molecule has 3 heterocycles. The summed E-state index contributed by atoms with van der Waals surface area (Å²) in [5.41, 5.74) is 4.07. The van der Waals surface area contributed by atoms with Gasteiger partial charge in [-0.1, -0.05) is 6.07 Å². The van der Waals surface area contributed by atoms with Gasteiger partial charge in [0.25, 0.3) is 0 Å². The molecule has 2 N–H and O–H groups in total. The summed E-state index contributed by atoms with van der Waals surface area (Å²) in [6.07, 6.45) is -0.476. The van der Waals surface area contributed by atoms with Gasteiger partial charge in [0.15, 0.2) is 0 Å². The maximum absolute atomic E-state index is 13.5. The molecule has 0 radical (unpaired) electrons. The van der Waals surface area contributed by atoms with E-state index in [2.05, 4.69) is 4.98 Å². The number of pyridine rings is 1. The maximum atomic E-state index is 13.5. The predicted molar refractivity (Wildman–Crippen MR) is 115 cm³/mol. The van der Waals surface area contributed by atoms with Crippen molar-refractivity contribution in [2.75, 3.05) is 13.1 Å². The van der Waals surface area contributed by atoms with Gasteiger partial charge in [0.05, 0.1) is 17.1 Å². The molecular weight excluding hydrogens is 458 g/mol. The van der Waals surface area contributed by atoms with E-state index in [1.807, 2.05) is 22.9 Å². The van der Waals surface area contributed by atoms with Gasteiger partial charge in [0.1, 0.15) is 12.4 Å². The lowest BCUT2D eigenvalue weighted by molar-refractivity contribution is -0.192. The molecule has 0 saturated carbocycles. The number of aromatic nitrogens is 2. The van der Waals surface area contributed by atoms with E-state index in [1.165, 1.54) is 6.07 Å². The van der Waals surface area contributed by atoms with E-state index in [0.717, 1.165) is 22.2 Å². The first-order valence-electron chi connectivity index (χ1n) is 10.4. The maximum Gasteiger partial charge on any atom is 0.490 e. The molecule has 1 amide bonds. The summed E-state index contributed by atoms with van der Waals surface area (Å²) in [4.78, 5) is 27.8. The lowest BCUT2D eigenvalue weighted by Gasteiger charge is -2.29. The van der Waals surface area contributed by atoms with Gasteiger partial charge in [-0.2, -0.15) is 13.2 Å². The molecule has 1 aliphatic rings. The zero-order valence-corrected chi connectivity index (χ0v) is 18.2. The number of fused-ring (bicyclic) bond motifs is 1. The van der Waals surface area contributed by atoms with E-state index in [4.69, 9.17) is 9.90 Å². The summed E-state index contributed by atoms with van der Waals surface area (Å²) in [6.45, 7) is 3.17. The minimum Gasteiger partial charge on any atom is -0.475 e. The number of aliphatic hydroxyl groups excluding tert-OH is 1. The third-order valence-electron chi connectivity index (χ3n) is 5.48. The highest BCUT2D eigenvalue weighted by Crippen LogP contribution is 2.25. The van der Waals surface area contributed by atoms with E-state index in [9.17, 15) is 27.5 Å². The highest BCUT2D eigenvalue weighted by Gasteiger charge is 2.38. The van der Waals surface area contributed by atoms with Crippen molar-refractivity contribution in [3.63, 3.8) is 0 Å². The molecule has 3 aromatic rings. The fourth-order valence-electron chi connectivity index (χ4n) is 3.54. The predicted octanol–water partition coefficient (Wildman–Crippen LogP) is 3.77. The number of benzene rings is 1. The molecule has 11 heteroatoms. The Labute approximate surface area is 192 Å². The van der Waals surface area contributed by atoms with Crippen LogP contribution >= 0.6 is 0 Å². The van der Waals surface area contributed by atoms with Crippen LogP contribution in [0.5, 0.6) is 0 Å². The summed E-state index contributed by atoms with van der Waals surface area (Å²) < 4.78 is 47.2. The van der Waals surface area contributed by atoms with Gasteiger partial charge in [0, 0.05) is 31.0 Å². The standard InChI is InChI=1S/C21H22FN3O2.C2HF3O2/c1-14-10-15(2-3-18(14)22)16-11-20-19(23-12-16)6-9-25(20)13-21(27)24-7-4-17(26)5-8-24;3-2(4,5)1(6)7/h2-3,6,9-12,17,26H,4-5,7-8,13H2,1H3;(H,6,7). The number of alkyl halides is 3. The Bertz CT molecular complexity index is 1180. The van der Waals surface area contributed by atoms with Crippen molar-refractivity contribution in [2.45, 2.75) is 38.6 Å². The van der Waals surface area contributed by atoms with Gasteiger partial charge in [-0.15, -0.1) is 0 Å². The largest absolute Gasteiger partial charge is 0.490 e. The quantitative estimate of drug-likeness (QED) is 0.556. The number of nitrogens with zero attached hydrogens (tertiary/aromatic N) is 3. The Morgan fingerprint density at radius 1 is 1.12 bits per heavy atom. The second-order valence-electron chi connectivity index (χ2n) is 7.95. The van der Waals surface area contributed by atoms with Gasteiger partial charge < -0.3 is 19.7 Å². The zero-order valence-electron chi connectivity index (χ0n) is 18.2. The molecule has 0 bridgehead atoms. The van der Waals surface area contributed by atoms with Crippen LogP contribution in [-0.2, 0) is 16.1 Å². The zero-order chi connectivity index (χ0) is 25.0. The van der Waals surface area contributed by atoms with Crippen molar-refractivity contribution in [1.29, 1.82) is 0 Å². The average molecular weight is 481 g/mol. The summed E-state index contributed by atoms with van der Waals surface area (Å²) >= 11 is 0. The second kappa shape index (κ2) is 10.2. The molecule has 0 unspecified atom stereocenters. The summed E-state index contributed by atoms with van der Waals surface area (Å²) in [5, 5.41) is 16.7. The third kappa shape index (κ3) is 6.10. The van der Waals surface area contributed by atoms with Crippen molar-refractivity contribution in [2.24, 2.45) is 0 Å². The fraction of sp³-hybridized carbons (Fsp3) is 0.348. The molecule has 34 heavy (non-hydrogen) atoms. The monoisotopic (exact) mass is 481 g/mol. The molecule has 1 aromatic carbocycles. The Morgan fingerprint density at radius 2 is 1.76 bits per heavy atom. The van der Waals surface area contributed by atoms with Gasteiger partial charge in [0.2, 0.25) is 5.91 Å². The second-order valence-corrected chi connectivity index (χ2v) is 7.95. The molecule has 0 aliphatic carbocycles. The number of rotatable bonds is 3. The molecule has 0 atom stereocenters. The molecule has 1 aliphatic heterocycles. The van der Waals surface area contributed by atoms with E-state index >= 15 is 0 Å². The van der Waals surface area contributed by atoms with Crippen molar-refractivity contribution in [1.82, 2.24) is 14.5 Å². The number of halogens is 4. The van der Waals surface area contributed by atoms with Crippen LogP contribution in [-0.4, -0.2) is 61.9 Å². The van der Waals surface area contributed by atoms with Crippen LogP contribution in [0.3, 0.4) is 0 Å². The summed E-state index contributed by atoms with van der Waals surface area (Å²) in [5.74, 6) is -2.94. The van der Waals surface area contributed by atoms with Gasteiger partial charge in [-0.25, -0.2) is 9.18 Å². The molecule has 0 spiro atoms. The van der Waals surface area contributed by atoms with Crippen LogP contribution in [0, 0.1) is 12.7 Å². The Kier molecular flexibility index (Phi) is 7.55. The molecule has 182 valence electrons. The van der Waals surface area contributed by atoms with Crippen LogP contribution in [0.25, 0.3) is 22.2 Å². The molecule has 1 fully saturated rings. The molecule has 1 saturated heterocycles. The minimum absolute atomic E-state index is 0.0439. The number of hydrogen-bond donors (Lipinski definition) is 2. The molecule has 7 nitrogen and oxygen atoms in total. The Balaban J connectivity index is 0.000000406. The van der Waals surface area contributed by atoms with E-state index in [0.29, 0.717) is 31.5 Å².